The van der Waals surface area contributed by atoms with Crippen LogP contribution in [0.1, 0.15) is 61.5 Å². The Labute approximate surface area is 168 Å². The molecular formula is C23H21NO5. The van der Waals surface area contributed by atoms with E-state index in [1.807, 2.05) is 12.1 Å². The Morgan fingerprint density at radius 1 is 0.897 bits per heavy atom. The van der Waals surface area contributed by atoms with Crippen LogP contribution in [0.25, 0.3) is 0 Å². The molecule has 0 atom stereocenters. The number of nitrogens with zero attached hydrogens (tertiary/aromatic N) is 1. The number of Topliss-reactive ketones (excluding diaryl/α,β-unsaturated/α-hetero) is 1. The molecule has 1 aliphatic carbocycles. The average molecular weight is 391 g/mol. The van der Waals surface area contributed by atoms with E-state index >= 15 is 0 Å². The van der Waals surface area contributed by atoms with E-state index in [-0.39, 0.29) is 25.4 Å². The van der Waals surface area contributed by atoms with Crippen LogP contribution >= 0.6 is 0 Å². The molecule has 2 aromatic rings. The Kier molecular flexibility index (Phi) is 5.25. The molecule has 0 unspecified atom stereocenters. The Morgan fingerprint density at radius 2 is 1.55 bits per heavy atom. The molecule has 2 aliphatic rings. The van der Waals surface area contributed by atoms with Crippen molar-refractivity contribution >= 4 is 23.6 Å². The highest BCUT2D eigenvalue weighted by Gasteiger charge is 2.35. The molecule has 4 rings (SSSR count). The summed E-state index contributed by atoms with van der Waals surface area (Å²) >= 11 is 0. The second kappa shape index (κ2) is 7.99. The van der Waals surface area contributed by atoms with Crippen LogP contribution in [-0.4, -0.2) is 41.6 Å². The third kappa shape index (κ3) is 3.83. The van der Waals surface area contributed by atoms with Gasteiger partial charge in [-0.05, 0) is 55.0 Å². The lowest BCUT2D eigenvalue weighted by molar-refractivity contribution is -0.142. The average Bonchev–Trinajstić information content (AvgIpc) is 3.00. The second-order valence-electron chi connectivity index (χ2n) is 7.33. The van der Waals surface area contributed by atoms with Crippen molar-refractivity contribution in [1.29, 1.82) is 0 Å². The molecule has 6 heteroatoms. The van der Waals surface area contributed by atoms with Gasteiger partial charge in [-0.2, -0.15) is 0 Å². The van der Waals surface area contributed by atoms with Gasteiger partial charge in [0.05, 0.1) is 17.5 Å². The molecule has 6 nitrogen and oxygen atoms in total. The molecule has 0 bridgehead atoms. The smallest absolute Gasteiger partial charge is 0.308 e. The zero-order valence-electron chi connectivity index (χ0n) is 16.0. The number of aryl methyl sites for hydroxylation is 2. The topological polar surface area (TPSA) is 80.8 Å². The van der Waals surface area contributed by atoms with Crippen LogP contribution in [0.5, 0.6) is 0 Å². The summed E-state index contributed by atoms with van der Waals surface area (Å²) in [7, 11) is 0. The zero-order valence-corrected chi connectivity index (χ0v) is 16.0. The van der Waals surface area contributed by atoms with Gasteiger partial charge in [0.25, 0.3) is 11.8 Å². The van der Waals surface area contributed by atoms with Crippen molar-refractivity contribution in [2.24, 2.45) is 0 Å². The number of fused-ring (bicyclic) bond motifs is 2. The molecular weight excluding hydrogens is 370 g/mol. The number of ether oxygens (including phenoxy) is 1. The van der Waals surface area contributed by atoms with Crippen LogP contribution in [0.4, 0.5) is 0 Å². The number of benzene rings is 2. The number of rotatable bonds is 6. The molecule has 0 spiro atoms. The van der Waals surface area contributed by atoms with Crippen molar-refractivity contribution in [3.05, 3.63) is 70.3 Å². The molecule has 0 fully saturated rings. The first-order valence-electron chi connectivity index (χ1n) is 9.80. The van der Waals surface area contributed by atoms with Crippen LogP contribution in [0.3, 0.4) is 0 Å². The van der Waals surface area contributed by atoms with Gasteiger partial charge in [0.1, 0.15) is 0 Å². The number of hydrogen-bond donors (Lipinski definition) is 0. The Hall–Kier alpha value is -3.28. The van der Waals surface area contributed by atoms with Crippen LogP contribution < -0.4 is 0 Å². The summed E-state index contributed by atoms with van der Waals surface area (Å²) in [5, 5.41) is 0. The predicted octanol–water partition coefficient (Wildman–Crippen LogP) is 2.98. The fourth-order valence-electron chi connectivity index (χ4n) is 3.85. The van der Waals surface area contributed by atoms with Gasteiger partial charge in [-0.25, -0.2) is 0 Å². The number of carbonyl (C=O) groups is 4. The third-order valence-electron chi connectivity index (χ3n) is 5.45. The number of imide groups is 1. The van der Waals surface area contributed by atoms with Crippen molar-refractivity contribution in [3.8, 4) is 0 Å². The van der Waals surface area contributed by atoms with Crippen LogP contribution in [0.2, 0.25) is 0 Å². The SMILES string of the molecule is O=C(CCN1C(=O)c2ccccc2C1=O)OCC(=O)c1ccc2c(c1)CCCC2. The zero-order chi connectivity index (χ0) is 20.4. The van der Waals surface area contributed by atoms with Crippen LogP contribution in [0.15, 0.2) is 42.5 Å². The van der Waals surface area contributed by atoms with Crippen molar-refractivity contribution in [2.45, 2.75) is 32.1 Å². The molecule has 2 amide bonds. The summed E-state index contributed by atoms with van der Waals surface area (Å²) in [5.41, 5.74) is 3.70. The Morgan fingerprint density at radius 3 is 2.24 bits per heavy atom. The summed E-state index contributed by atoms with van der Waals surface area (Å²) in [6.07, 6.45) is 4.15. The number of amides is 2. The van der Waals surface area contributed by atoms with Gasteiger partial charge in [-0.3, -0.25) is 24.1 Å². The molecule has 2 aromatic carbocycles. The first kappa shape index (κ1) is 19.1. The number of carbonyl (C=O) groups excluding carboxylic acids is 4. The lowest BCUT2D eigenvalue weighted by Gasteiger charge is -2.16. The van der Waals surface area contributed by atoms with Gasteiger partial charge in [-0.15, -0.1) is 0 Å². The second-order valence-corrected chi connectivity index (χ2v) is 7.33. The van der Waals surface area contributed by atoms with Crippen LogP contribution in [0, 0.1) is 0 Å². The fourth-order valence-corrected chi connectivity index (χ4v) is 3.85. The van der Waals surface area contributed by atoms with E-state index in [1.165, 1.54) is 17.5 Å². The fraction of sp³-hybridized carbons (Fsp3) is 0.304. The standard InChI is InChI=1S/C23H21NO5/c25-20(17-10-9-15-5-1-2-6-16(15)13-17)14-29-21(26)11-12-24-22(27)18-7-3-4-8-19(18)23(24)28/h3-4,7-10,13H,1-2,5-6,11-12,14H2. The van der Waals surface area contributed by atoms with Gasteiger partial charge in [-0.1, -0.05) is 24.3 Å². The highest BCUT2D eigenvalue weighted by atomic mass is 16.5. The van der Waals surface area contributed by atoms with E-state index in [0.717, 1.165) is 24.2 Å². The number of hydrogen-bond acceptors (Lipinski definition) is 5. The molecule has 1 aliphatic heterocycles. The quantitative estimate of drug-likeness (QED) is 0.430. The van der Waals surface area contributed by atoms with Gasteiger partial charge < -0.3 is 4.74 Å². The minimum atomic E-state index is -0.618. The molecule has 29 heavy (non-hydrogen) atoms. The summed E-state index contributed by atoms with van der Waals surface area (Å²) in [4.78, 5) is 50.0. The number of ketones is 1. The lowest BCUT2D eigenvalue weighted by atomic mass is 9.90. The van der Waals surface area contributed by atoms with Crippen molar-refractivity contribution in [3.63, 3.8) is 0 Å². The first-order valence-corrected chi connectivity index (χ1v) is 9.80. The van der Waals surface area contributed by atoms with Gasteiger partial charge in [0, 0.05) is 12.1 Å². The highest BCUT2D eigenvalue weighted by Crippen LogP contribution is 2.23. The van der Waals surface area contributed by atoms with Gasteiger partial charge in [0.15, 0.2) is 12.4 Å². The van der Waals surface area contributed by atoms with E-state index < -0.39 is 17.8 Å². The maximum absolute atomic E-state index is 12.4. The van der Waals surface area contributed by atoms with Crippen LogP contribution in [-0.2, 0) is 22.4 Å². The monoisotopic (exact) mass is 391 g/mol. The Bertz CT molecular complexity index is 975. The van der Waals surface area contributed by atoms with E-state index in [4.69, 9.17) is 4.74 Å². The molecule has 0 saturated carbocycles. The minimum Gasteiger partial charge on any atom is -0.457 e. The molecule has 148 valence electrons. The maximum atomic E-state index is 12.4. The Balaban J connectivity index is 1.29. The molecule has 0 saturated heterocycles. The molecule has 0 N–H and O–H groups in total. The number of esters is 1. The maximum Gasteiger partial charge on any atom is 0.308 e. The van der Waals surface area contributed by atoms with Crippen molar-refractivity contribution in [1.82, 2.24) is 4.90 Å². The van der Waals surface area contributed by atoms with E-state index in [1.54, 1.807) is 30.3 Å². The van der Waals surface area contributed by atoms with Crippen molar-refractivity contribution < 1.29 is 23.9 Å². The minimum absolute atomic E-state index is 0.0712. The van der Waals surface area contributed by atoms with Crippen molar-refractivity contribution in [2.75, 3.05) is 13.2 Å². The highest BCUT2D eigenvalue weighted by molar-refractivity contribution is 6.21. The summed E-state index contributed by atoms with van der Waals surface area (Å²) in [6, 6.07) is 12.2. The summed E-state index contributed by atoms with van der Waals surface area (Å²) < 4.78 is 5.07. The molecule has 1 heterocycles. The van der Waals surface area contributed by atoms with E-state index in [9.17, 15) is 19.2 Å². The molecule has 0 aromatic heterocycles. The first-order chi connectivity index (χ1) is 14.0. The normalized spacial score (nSPS) is 15.1. The summed E-state index contributed by atoms with van der Waals surface area (Å²) in [5.74, 6) is -1.70. The third-order valence-corrected chi connectivity index (χ3v) is 5.45. The van der Waals surface area contributed by atoms with E-state index in [2.05, 4.69) is 0 Å². The van der Waals surface area contributed by atoms with E-state index in [0.29, 0.717) is 16.7 Å². The molecule has 0 radical (unpaired) electrons. The van der Waals surface area contributed by atoms with Gasteiger partial charge in [0.2, 0.25) is 0 Å². The lowest BCUT2D eigenvalue weighted by Crippen LogP contribution is -2.32. The summed E-state index contributed by atoms with van der Waals surface area (Å²) in [6.45, 7) is -0.419. The largest absolute Gasteiger partial charge is 0.457 e. The van der Waals surface area contributed by atoms with Gasteiger partial charge >= 0.3 is 5.97 Å². The predicted molar refractivity (Wildman–Crippen MR) is 105 cm³/mol.